The van der Waals surface area contributed by atoms with Crippen molar-refractivity contribution in [3.63, 3.8) is 0 Å². The third kappa shape index (κ3) is 6.58. The molecular weight excluding hydrogens is 232 g/mol. The van der Waals surface area contributed by atoms with E-state index in [0.717, 1.165) is 25.2 Å². The molecule has 0 bridgehead atoms. The van der Waals surface area contributed by atoms with Crippen LogP contribution < -0.4 is 5.32 Å². The van der Waals surface area contributed by atoms with E-state index < -0.39 is 0 Å². The van der Waals surface area contributed by atoms with Crippen molar-refractivity contribution in [3.05, 3.63) is 12.4 Å². The van der Waals surface area contributed by atoms with Crippen LogP contribution in [0.4, 0.5) is 5.69 Å². The standard InChI is InChI=1S/C12H24N4O2/c1-15(2)5-3-4-13-12-10-14-16(11-12)6-8-18-9-7-17/h10-11,13,17H,3-9H2,1-2H3. The van der Waals surface area contributed by atoms with Gasteiger partial charge in [0, 0.05) is 12.7 Å². The molecular formula is C12H24N4O2. The van der Waals surface area contributed by atoms with Crippen LogP contribution in [0.15, 0.2) is 12.4 Å². The zero-order valence-electron chi connectivity index (χ0n) is 11.3. The molecule has 1 heterocycles. The first-order valence-electron chi connectivity index (χ1n) is 6.32. The van der Waals surface area contributed by atoms with Gasteiger partial charge >= 0.3 is 0 Å². The molecule has 0 radical (unpaired) electrons. The molecule has 6 nitrogen and oxygen atoms in total. The van der Waals surface area contributed by atoms with E-state index in [1.165, 1.54) is 0 Å². The Kier molecular flexibility index (Phi) is 7.40. The second kappa shape index (κ2) is 8.91. The maximum atomic E-state index is 8.57. The molecule has 104 valence electrons. The second-order valence-corrected chi connectivity index (χ2v) is 4.41. The van der Waals surface area contributed by atoms with Crippen molar-refractivity contribution in [2.75, 3.05) is 52.3 Å². The van der Waals surface area contributed by atoms with E-state index in [4.69, 9.17) is 9.84 Å². The highest BCUT2D eigenvalue weighted by Gasteiger charge is 1.98. The molecule has 0 aliphatic rings. The fourth-order valence-electron chi connectivity index (χ4n) is 1.53. The third-order valence-corrected chi connectivity index (χ3v) is 2.44. The Morgan fingerprint density at radius 3 is 3.00 bits per heavy atom. The lowest BCUT2D eigenvalue weighted by atomic mass is 10.4. The number of nitrogens with zero attached hydrogens (tertiary/aromatic N) is 3. The van der Waals surface area contributed by atoms with Gasteiger partial charge in [-0.1, -0.05) is 0 Å². The van der Waals surface area contributed by atoms with E-state index in [2.05, 4.69) is 29.4 Å². The van der Waals surface area contributed by atoms with Crippen LogP contribution in [0.3, 0.4) is 0 Å². The molecule has 0 aliphatic heterocycles. The molecule has 2 N–H and O–H groups in total. The molecule has 0 saturated carbocycles. The molecule has 0 aliphatic carbocycles. The zero-order chi connectivity index (χ0) is 13.2. The van der Waals surface area contributed by atoms with Crippen molar-refractivity contribution in [2.45, 2.75) is 13.0 Å². The van der Waals surface area contributed by atoms with E-state index in [1.54, 1.807) is 0 Å². The lowest BCUT2D eigenvalue weighted by Gasteiger charge is -2.09. The van der Waals surface area contributed by atoms with Crippen LogP contribution in [0.1, 0.15) is 6.42 Å². The van der Waals surface area contributed by atoms with Crippen LogP contribution in [0.5, 0.6) is 0 Å². The molecule has 0 fully saturated rings. The number of ether oxygens (including phenoxy) is 1. The van der Waals surface area contributed by atoms with Crippen LogP contribution in [-0.2, 0) is 11.3 Å². The molecule has 1 rings (SSSR count). The largest absolute Gasteiger partial charge is 0.394 e. The summed E-state index contributed by atoms with van der Waals surface area (Å²) in [4.78, 5) is 2.17. The first kappa shape index (κ1) is 14.9. The normalized spacial score (nSPS) is 11.1. The first-order valence-corrected chi connectivity index (χ1v) is 6.32. The van der Waals surface area contributed by atoms with Crippen molar-refractivity contribution in [1.82, 2.24) is 14.7 Å². The smallest absolute Gasteiger partial charge is 0.0726 e. The SMILES string of the molecule is CN(C)CCCNc1cnn(CCOCCO)c1. The first-order chi connectivity index (χ1) is 8.72. The van der Waals surface area contributed by atoms with E-state index >= 15 is 0 Å². The topological polar surface area (TPSA) is 62.6 Å². The summed E-state index contributed by atoms with van der Waals surface area (Å²) in [6.45, 7) is 3.76. The number of rotatable bonds is 10. The Morgan fingerprint density at radius 2 is 2.28 bits per heavy atom. The average Bonchev–Trinajstić information content (AvgIpc) is 2.78. The van der Waals surface area contributed by atoms with Gasteiger partial charge in [-0.15, -0.1) is 0 Å². The van der Waals surface area contributed by atoms with E-state index in [0.29, 0.717) is 19.8 Å². The van der Waals surface area contributed by atoms with Gasteiger partial charge in [0.2, 0.25) is 0 Å². The number of hydrogen-bond donors (Lipinski definition) is 2. The van der Waals surface area contributed by atoms with Crippen molar-refractivity contribution in [1.29, 1.82) is 0 Å². The second-order valence-electron chi connectivity index (χ2n) is 4.41. The van der Waals surface area contributed by atoms with Gasteiger partial charge in [-0.25, -0.2) is 0 Å². The van der Waals surface area contributed by atoms with Gasteiger partial charge in [-0.2, -0.15) is 5.10 Å². The van der Waals surface area contributed by atoms with Crippen LogP contribution in [-0.4, -0.2) is 66.8 Å². The lowest BCUT2D eigenvalue weighted by molar-refractivity contribution is 0.0854. The third-order valence-electron chi connectivity index (χ3n) is 2.44. The van der Waals surface area contributed by atoms with Crippen LogP contribution in [0, 0.1) is 0 Å². The molecule has 1 aromatic rings. The molecule has 0 saturated heterocycles. The van der Waals surface area contributed by atoms with Gasteiger partial charge in [0.15, 0.2) is 0 Å². The number of anilines is 1. The number of nitrogens with one attached hydrogen (secondary N) is 1. The zero-order valence-corrected chi connectivity index (χ0v) is 11.3. The van der Waals surface area contributed by atoms with Crippen molar-refractivity contribution < 1.29 is 9.84 Å². The van der Waals surface area contributed by atoms with Gasteiger partial charge in [-0.3, -0.25) is 4.68 Å². The minimum absolute atomic E-state index is 0.0672. The summed E-state index contributed by atoms with van der Waals surface area (Å²) in [5.74, 6) is 0. The molecule has 0 spiro atoms. The molecule has 6 heteroatoms. The summed E-state index contributed by atoms with van der Waals surface area (Å²) in [7, 11) is 4.15. The summed E-state index contributed by atoms with van der Waals surface area (Å²) in [5.41, 5.74) is 1.04. The van der Waals surface area contributed by atoms with Gasteiger partial charge in [0.1, 0.15) is 0 Å². The van der Waals surface area contributed by atoms with Crippen LogP contribution in [0.25, 0.3) is 0 Å². The van der Waals surface area contributed by atoms with Gasteiger partial charge in [0.05, 0.1) is 38.2 Å². The molecule has 0 amide bonds. The van der Waals surface area contributed by atoms with Crippen LogP contribution in [0.2, 0.25) is 0 Å². The predicted octanol–water partition coefficient (Wildman–Crippen LogP) is 0.256. The number of aliphatic hydroxyl groups is 1. The monoisotopic (exact) mass is 256 g/mol. The molecule has 18 heavy (non-hydrogen) atoms. The number of hydrogen-bond acceptors (Lipinski definition) is 5. The molecule has 0 aromatic carbocycles. The summed E-state index contributed by atoms with van der Waals surface area (Å²) in [5, 5.41) is 16.1. The Balaban J connectivity index is 2.13. The quantitative estimate of drug-likeness (QED) is 0.588. The summed E-state index contributed by atoms with van der Waals surface area (Å²) in [6.07, 6.45) is 4.90. The van der Waals surface area contributed by atoms with Crippen molar-refractivity contribution >= 4 is 5.69 Å². The average molecular weight is 256 g/mol. The van der Waals surface area contributed by atoms with E-state index in [-0.39, 0.29) is 6.61 Å². The molecule has 0 unspecified atom stereocenters. The van der Waals surface area contributed by atoms with Crippen molar-refractivity contribution in [2.24, 2.45) is 0 Å². The number of aliphatic hydroxyl groups excluding tert-OH is 1. The maximum absolute atomic E-state index is 8.57. The van der Waals surface area contributed by atoms with E-state index in [9.17, 15) is 0 Å². The van der Waals surface area contributed by atoms with Gasteiger partial charge in [0.25, 0.3) is 0 Å². The van der Waals surface area contributed by atoms with Crippen LogP contribution >= 0.6 is 0 Å². The van der Waals surface area contributed by atoms with Gasteiger partial charge < -0.3 is 20.1 Å². The fourth-order valence-corrected chi connectivity index (χ4v) is 1.53. The summed E-state index contributed by atoms with van der Waals surface area (Å²) >= 11 is 0. The molecule has 1 aromatic heterocycles. The lowest BCUT2D eigenvalue weighted by Crippen LogP contribution is -2.16. The molecule has 0 atom stereocenters. The fraction of sp³-hybridized carbons (Fsp3) is 0.750. The summed E-state index contributed by atoms with van der Waals surface area (Å²) in [6, 6.07) is 0. The highest BCUT2D eigenvalue weighted by molar-refractivity contribution is 5.37. The highest BCUT2D eigenvalue weighted by Crippen LogP contribution is 2.04. The van der Waals surface area contributed by atoms with Gasteiger partial charge in [-0.05, 0) is 27.1 Å². The Hall–Kier alpha value is -1.11. The number of aromatic nitrogens is 2. The Morgan fingerprint density at radius 1 is 1.44 bits per heavy atom. The Bertz CT molecular complexity index is 315. The van der Waals surface area contributed by atoms with E-state index in [1.807, 2.05) is 17.1 Å². The predicted molar refractivity (Wildman–Crippen MR) is 71.8 cm³/mol. The van der Waals surface area contributed by atoms with Crippen molar-refractivity contribution in [3.8, 4) is 0 Å². The maximum Gasteiger partial charge on any atom is 0.0726 e. The Labute approximate surface area is 109 Å². The minimum atomic E-state index is 0.0672. The summed E-state index contributed by atoms with van der Waals surface area (Å²) < 4.78 is 7.02. The highest BCUT2D eigenvalue weighted by atomic mass is 16.5. The minimum Gasteiger partial charge on any atom is -0.394 e.